The fourth-order valence-electron chi connectivity index (χ4n) is 5.63. The second-order valence-corrected chi connectivity index (χ2v) is 10.7. The van der Waals surface area contributed by atoms with Crippen LogP contribution in [0.15, 0.2) is 36.5 Å². The molecule has 7 nitrogen and oxygen atoms in total. The third kappa shape index (κ3) is 5.43. The van der Waals surface area contributed by atoms with Gasteiger partial charge in [0.2, 0.25) is 0 Å². The predicted molar refractivity (Wildman–Crippen MR) is 134 cm³/mol. The lowest BCUT2D eigenvalue weighted by Crippen LogP contribution is -2.42. The molecule has 5 rings (SSSR count). The number of nitrogens with zero attached hydrogens (tertiary/aromatic N) is 3. The number of Topliss-reactive ketones (excluding diaryl/α,β-unsaturated/α-hetero) is 1. The van der Waals surface area contributed by atoms with Crippen molar-refractivity contribution >= 4 is 29.1 Å². The molecule has 37 heavy (non-hydrogen) atoms. The van der Waals surface area contributed by atoms with Gasteiger partial charge in [-0.25, -0.2) is 4.79 Å². The molecule has 2 atom stereocenters. The molecule has 1 N–H and O–H groups in total. The number of benzene rings is 1. The Morgan fingerprint density at radius 1 is 1.19 bits per heavy atom. The summed E-state index contributed by atoms with van der Waals surface area (Å²) >= 11 is 6.01. The van der Waals surface area contributed by atoms with Crippen molar-refractivity contribution in [2.24, 2.45) is 5.92 Å². The Labute approximate surface area is 219 Å². The number of alkyl halides is 2. The minimum atomic E-state index is -3.03. The Kier molecular flexibility index (Phi) is 7.11. The summed E-state index contributed by atoms with van der Waals surface area (Å²) in [5.41, 5.74) is 0.795. The molecule has 10 heteroatoms. The van der Waals surface area contributed by atoms with Crippen LogP contribution in [0.3, 0.4) is 0 Å². The maximum absolute atomic E-state index is 13.5. The second-order valence-electron chi connectivity index (χ2n) is 10.3. The smallest absolute Gasteiger partial charge is 0.324 e. The van der Waals surface area contributed by atoms with Crippen molar-refractivity contribution in [3.8, 4) is 5.75 Å². The van der Waals surface area contributed by atoms with E-state index in [1.165, 1.54) is 18.3 Å². The van der Waals surface area contributed by atoms with Crippen LogP contribution in [0.2, 0.25) is 5.02 Å². The molecule has 1 aliphatic carbocycles. The number of fused-ring (bicyclic) bond motifs is 1. The fraction of sp³-hybridized carbons (Fsp3) is 0.519. The monoisotopic (exact) mass is 533 g/mol. The van der Waals surface area contributed by atoms with E-state index in [1.807, 2.05) is 4.90 Å². The van der Waals surface area contributed by atoms with Gasteiger partial charge in [-0.1, -0.05) is 11.6 Å². The van der Waals surface area contributed by atoms with Gasteiger partial charge in [0.15, 0.2) is 11.9 Å². The Morgan fingerprint density at radius 2 is 1.95 bits per heavy atom. The van der Waals surface area contributed by atoms with Crippen molar-refractivity contribution in [3.05, 3.63) is 52.8 Å². The zero-order chi connectivity index (χ0) is 26.3. The number of aliphatic hydroxyl groups is 1. The molecular formula is C27H30ClF2N3O4. The highest BCUT2D eigenvalue weighted by atomic mass is 35.5. The lowest BCUT2D eigenvalue weighted by atomic mass is 9.81. The van der Waals surface area contributed by atoms with Gasteiger partial charge in [0.25, 0.3) is 5.92 Å². The fourth-order valence-corrected chi connectivity index (χ4v) is 5.81. The zero-order valence-corrected chi connectivity index (χ0v) is 21.3. The molecule has 198 valence electrons. The van der Waals surface area contributed by atoms with Gasteiger partial charge in [0, 0.05) is 49.5 Å². The van der Waals surface area contributed by atoms with Gasteiger partial charge in [-0.15, -0.1) is 0 Å². The van der Waals surface area contributed by atoms with Crippen molar-refractivity contribution in [3.63, 3.8) is 0 Å². The third-order valence-corrected chi connectivity index (χ3v) is 7.93. The van der Waals surface area contributed by atoms with Crippen LogP contribution in [0.5, 0.6) is 5.75 Å². The van der Waals surface area contributed by atoms with Crippen LogP contribution in [-0.4, -0.2) is 52.0 Å². The number of hydrogen-bond donors (Lipinski definition) is 1. The number of rotatable bonds is 6. The Balaban J connectivity index is 1.13. The molecule has 3 heterocycles. The summed E-state index contributed by atoms with van der Waals surface area (Å²) < 4.78 is 32.8. The molecule has 0 unspecified atom stereocenters. The number of aromatic nitrogens is 1. The second kappa shape index (κ2) is 10.2. The minimum absolute atomic E-state index is 0.0138. The van der Waals surface area contributed by atoms with E-state index in [9.17, 15) is 23.5 Å². The Bertz CT molecular complexity index is 1170. The van der Waals surface area contributed by atoms with Gasteiger partial charge < -0.3 is 14.7 Å². The van der Waals surface area contributed by atoms with Crippen LogP contribution < -0.4 is 9.64 Å². The number of halogens is 3. The molecule has 2 aliphatic heterocycles. The van der Waals surface area contributed by atoms with Gasteiger partial charge >= 0.3 is 6.03 Å². The van der Waals surface area contributed by atoms with Crippen LogP contribution in [0.25, 0.3) is 0 Å². The molecule has 1 aromatic carbocycles. The summed E-state index contributed by atoms with van der Waals surface area (Å²) in [4.78, 5) is 33.3. The van der Waals surface area contributed by atoms with Crippen molar-refractivity contribution in [2.45, 2.75) is 69.6 Å². The highest BCUT2D eigenvalue weighted by molar-refractivity contribution is 6.30. The van der Waals surface area contributed by atoms with Gasteiger partial charge in [-0.3, -0.25) is 14.7 Å². The van der Waals surface area contributed by atoms with E-state index >= 15 is 0 Å². The average molecular weight is 534 g/mol. The van der Waals surface area contributed by atoms with E-state index in [4.69, 9.17) is 16.3 Å². The normalized spacial score (nSPS) is 26.1. The summed E-state index contributed by atoms with van der Waals surface area (Å²) in [7, 11) is 0. The number of aliphatic hydroxyl groups excluding tert-OH is 1. The van der Waals surface area contributed by atoms with Crippen LogP contribution in [0, 0.1) is 5.92 Å². The number of pyridine rings is 1. The van der Waals surface area contributed by atoms with Crippen LogP contribution in [0.1, 0.15) is 62.8 Å². The topological polar surface area (TPSA) is 83.0 Å². The Morgan fingerprint density at radius 3 is 2.62 bits per heavy atom. The van der Waals surface area contributed by atoms with Gasteiger partial charge in [0.1, 0.15) is 11.4 Å². The maximum Gasteiger partial charge on any atom is 0.324 e. The number of amides is 2. The molecule has 2 amide bonds. The van der Waals surface area contributed by atoms with E-state index in [2.05, 4.69) is 4.98 Å². The SMILES string of the molecule is CC(F)(F)c1ccc(N2CCN(C3CCC(CC(=O)[C@H]4C[C@@H](O)c5cc(Cl)ccc5O4)CC3)C2=O)cn1. The van der Waals surface area contributed by atoms with Crippen LogP contribution in [0.4, 0.5) is 19.3 Å². The quantitative estimate of drug-likeness (QED) is 0.531. The molecule has 2 fully saturated rings. The van der Waals surface area contributed by atoms with Crippen molar-refractivity contribution < 1.29 is 28.2 Å². The summed E-state index contributed by atoms with van der Waals surface area (Å²) in [6, 6.07) is 7.75. The number of carbonyl (C=O) groups excluding carboxylic acids is 2. The number of hydrogen-bond acceptors (Lipinski definition) is 5. The largest absolute Gasteiger partial charge is 0.482 e. The molecule has 0 radical (unpaired) electrons. The maximum atomic E-state index is 13.5. The number of anilines is 1. The minimum Gasteiger partial charge on any atom is -0.482 e. The number of urea groups is 1. The lowest BCUT2D eigenvalue weighted by molar-refractivity contribution is -0.129. The first-order valence-corrected chi connectivity index (χ1v) is 13.1. The first-order chi connectivity index (χ1) is 17.6. The van der Waals surface area contributed by atoms with Gasteiger partial charge in [0.05, 0.1) is 18.0 Å². The van der Waals surface area contributed by atoms with E-state index in [1.54, 1.807) is 23.1 Å². The summed E-state index contributed by atoms with van der Waals surface area (Å²) in [5, 5.41) is 11.0. The molecular weight excluding hydrogens is 504 g/mol. The molecule has 3 aliphatic rings. The first-order valence-electron chi connectivity index (χ1n) is 12.7. The molecule has 2 aromatic rings. The third-order valence-electron chi connectivity index (χ3n) is 7.69. The number of ketones is 1. The average Bonchev–Trinajstić information content (AvgIpc) is 3.25. The van der Waals surface area contributed by atoms with Crippen LogP contribution in [-0.2, 0) is 10.7 Å². The standard InChI is InChI=1S/C27H30ClF2N3O4/c1-27(29,30)25-9-7-19(15-31-25)33-11-10-32(26(33)36)18-5-2-16(3-6-18)12-22(35)24-14-21(34)20-13-17(28)4-8-23(20)37-24/h4,7-9,13,15-16,18,21,24,34H,2-3,5-6,10-12,14H2,1H3/t16?,18?,21-,24-/m1/s1. The Hall–Kier alpha value is -2.78. The van der Waals surface area contributed by atoms with Crippen molar-refractivity contribution in [1.29, 1.82) is 0 Å². The zero-order valence-electron chi connectivity index (χ0n) is 20.6. The van der Waals surface area contributed by atoms with Crippen LogP contribution >= 0.6 is 11.6 Å². The molecule has 1 saturated carbocycles. The van der Waals surface area contributed by atoms with E-state index in [0.29, 0.717) is 41.5 Å². The molecule has 1 saturated heterocycles. The predicted octanol–water partition coefficient (Wildman–Crippen LogP) is 5.49. The van der Waals surface area contributed by atoms with Crippen molar-refractivity contribution in [1.82, 2.24) is 9.88 Å². The summed E-state index contributed by atoms with van der Waals surface area (Å²) in [5.74, 6) is -2.34. The number of carbonyl (C=O) groups is 2. The summed E-state index contributed by atoms with van der Waals surface area (Å²) in [6.45, 7) is 1.84. The molecule has 1 aromatic heterocycles. The number of ether oxygens (including phenoxy) is 1. The molecule has 0 spiro atoms. The first kappa shape index (κ1) is 25.9. The molecule has 0 bridgehead atoms. The highest BCUT2D eigenvalue weighted by Gasteiger charge is 2.38. The van der Waals surface area contributed by atoms with E-state index < -0.39 is 18.1 Å². The van der Waals surface area contributed by atoms with E-state index in [-0.39, 0.29) is 35.9 Å². The van der Waals surface area contributed by atoms with Crippen molar-refractivity contribution in [2.75, 3.05) is 18.0 Å². The van der Waals surface area contributed by atoms with Gasteiger partial charge in [-0.2, -0.15) is 8.78 Å². The lowest BCUT2D eigenvalue weighted by Gasteiger charge is -2.35. The highest BCUT2D eigenvalue weighted by Crippen LogP contribution is 2.38. The van der Waals surface area contributed by atoms with E-state index in [0.717, 1.165) is 32.6 Å². The van der Waals surface area contributed by atoms with Gasteiger partial charge in [-0.05, 0) is 61.9 Å². The summed E-state index contributed by atoms with van der Waals surface area (Å²) in [6.07, 6.45) is 3.70.